The lowest BCUT2D eigenvalue weighted by Crippen LogP contribution is -2.48. The lowest BCUT2D eigenvalue weighted by molar-refractivity contribution is -0.113. The second-order valence-corrected chi connectivity index (χ2v) is 7.89. The van der Waals surface area contributed by atoms with Crippen molar-refractivity contribution in [1.29, 1.82) is 0 Å². The molecule has 32 heavy (non-hydrogen) atoms. The zero-order chi connectivity index (χ0) is 23.0. The summed E-state index contributed by atoms with van der Waals surface area (Å²) >= 11 is 5.58. The smallest absolute Gasteiger partial charge is 0.257 e. The Bertz CT molecular complexity index is 1240. The van der Waals surface area contributed by atoms with Crippen LogP contribution in [0, 0.1) is 25.5 Å². The largest absolute Gasteiger partial charge is 0.360 e. The van der Waals surface area contributed by atoms with Gasteiger partial charge in [-0.2, -0.15) is 0 Å². The number of rotatable bonds is 4. The number of thiocarbonyl (C=S) groups is 1. The van der Waals surface area contributed by atoms with Crippen LogP contribution in [-0.4, -0.2) is 16.2 Å². The summed E-state index contributed by atoms with van der Waals surface area (Å²) in [4.78, 5) is 15.1. The zero-order valence-electron chi connectivity index (χ0n) is 17.6. The first kappa shape index (κ1) is 21.6. The van der Waals surface area contributed by atoms with Crippen LogP contribution in [0.1, 0.15) is 29.9 Å². The number of halogens is 2. The predicted molar refractivity (Wildman–Crippen MR) is 121 cm³/mol. The van der Waals surface area contributed by atoms with E-state index >= 15 is 0 Å². The van der Waals surface area contributed by atoms with Crippen LogP contribution in [0.3, 0.4) is 0 Å². The van der Waals surface area contributed by atoms with Crippen molar-refractivity contribution in [3.63, 3.8) is 0 Å². The lowest BCUT2D eigenvalue weighted by atomic mass is 9.94. The van der Waals surface area contributed by atoms with Crippen LogP contribution in [0.4, 0.5) is 20.3 Å². The number of carbonyl (C=O) groups is 1. The summed E-state index contributed by atoms with van der Waals surface area (Å²) in [7, 11) is 0. The maximum atomic E-state index is 14.0. The number of hydrogen-bond donors (Lipinski definition) is 2. The summed E-state index contributed by atoms with van der Waals surface area (Å²) in [5.41, 5.74) is 3.02. The molecule has 2 N–H and O–H groups in total. The van der Waals surface area contributed by atoms with Crippen LogP contribution in [0.15, 0.2) is 64.3 Å². The molecule has 0 spiro atoms. The summed E-state index contributed by atoms with van der Waals surface area (Å²) in [5, 5.41) is 9.94. The summed E-state index contributed by atoms with van der Waals surface area (Å²) in [6.07, 6.45) is 0. The second-order valence-electron chi connectivity index (χ2n) is 7.50. The molecule has 0 aliphatic carbocycles. The third-order valence-electron chi connectivity index (χ3n) is 5.17. The summed E-state index contributed by atoms with van der Waals surface area (Å²) < 4.78 is 32.6. The number of nitrogens with one attached hydrogen (secondary N) is 2. The molecule has 1 atom stereocenters. The standard InChI is InChI=1S/C23H20F2N4O2S/c1-12-4-7-16(8-5-12)29-14(3)20(22(30)26-19-10-13(2)31-28-19)21(27-23(29)32)15-6-9-17(24)18(25)11-15/h4-11,21H,1-3H3,(H,27,32)(H,26,28,30)/t21-/m0/s1. The van der Waals surface area contributed by atoms with Gasteiger partial charge in [0.25, 0.3) is 5.91 Å². The molecule has 0 bridgehead atoms. The van der Waals surface area contributed by atoms with Crippen molar-refractivity contribution in [2.75, 3.05) is 10.2 Å². The van der Waals surface area contributed by atoms with E-state index < -0.39 is 23.6 Å². The first-order chi connectivity index (χ1) is 15.2. The van der Waals surface area contributed by atoms with Gasteiger partial charge in [0, 0.05) is 17.5 Å². The molecule has 0 saturated carbocycles. The summed E-state index contributed by atoms with van der Waals surface area (Å²) in [5.74, 6) is -1.68. The van der Waals surface area contributed by atoms with Gasteiger partial charge in [0.05, 0.1) is 11.6 Å². The number of benzene rings is 2. The van der Waals surface area contributed by atoms with E-state index in [1.807, 2.05) is 31.2 Å². The molecular weight excluding hydrogens is 434 g/mol. The van der Waals surface area contributed by atoms with E-state index in [0.29, 0.717) is 22.1 Å². The van der Waals surface area contributed by atoms with Crippen molar-refractivity contribution in [3.8, 4) is 0 Å². The van der Waals surface area contributed by atoms with Crippen molar-refractivity contribution in [2.24, 2.45) is 0 Å². The minimum absolute atomic E-state index is 0.242. The van der Waals surface area contributed by atoms with Gasteiger partial charge in [-0.3, -0.25) is 9.69 Å². The number of amides is 1. The van der Waals surface area contributed by atoms with E-state index in [-0.39, 0.29) is 11.4 Å². The average molecular weight is 455 g/mol. The first-order valence-corrected chi connectivity index (χ1v) is 10.2. The Balaban J connectivity index is 1.82. The molecule has 0 saturated heterocycles. The highest BCUT2D eigenvalue weighted by Crippen LogP contribution is 2.34. The van der Waals surface area contributed by atoms with E-state index in [4.69, 9.17) is 16.7 Å². The Labute approximate surface area is 188 Å². The molecule has 9 heteroatoms. The van der Waals surface area contributed by atoms with Crippen LogP contribution in [0.25, 0.3) is 0 Å². The van der Waals surface area contributed by atoms with Crippen molar-refractivity contribution in [1.82, 2.24) is 10.5 Å². The third-order valence-corrected chi connectivity index (χ3v) is 5.47. The molecular formula is C23H20F2N4O2S. The molecule has 3 aromatic rings. The minimum atomic E-state index is -1.01. The van der Waals surface area contributed by atoms with Gasteiger partial charge in [0.15, 0.2) is 22.6 Å². The fraction of sp³-hybridized carbons (Fsp3) is 0.174. The van der Waals surface area contributed by atoms with Gasteiger partial charge in [-0.25, -0.2) is 8.78 Å². The quantitative estimate of drug-likeness (QED) is 0.546. The molecule has 1 aromatic heterocycles. The molecule has 0 unspecified atom stereocenters. The van der Waals surface area contributed by atoms with Crippen LogP contribution >= 0.6 is 12.2 Å². The Hall–Kier alpha value is -3.59. The van der Waals surface area contributed by atoms with E-state index in [1.165, 1.54) is 6.07 Å². The van der Waals surface area contributed by atoms with Crippen molar-refractivity contribution < 1.29 is 18.1 Å². The summed E-state index contributed by atoms with van der Waals surface area (Å²) in [6.45, 7) is 5.43. The van der Waals surface area contributed by atoms with E-state index in [2.05, 4.69) is 15.8 Å². The van der Waals surface area contributed by atoms with Gasteiger partial charge in [-0.05, 0) is 62.8 Å². The maximum Gasteiger partial charge on any atom is 0.257 e. The van der Waals surface area contributed by atoms with Gasteiger partial charge in [-0.1, -0.05) is 28.9 Å². The number of anilines is 2. The number of carbonyl (C=O) groups excluding carboxylic acids is 1. The highest BCUT2D eigenvalue weighted by atomic mass is 32.1. The van der Waals surface area contributed by atoms with Crippen molar-refractivity contribution >= 4 is 34.7 Å². The van der Waals surface area contributed by atoms with Gasteiger partial charge in [0.2, 0.25) is 0 Å². The molecule has 1 amide bonds. The molecule has 0 fully saturated rings. The van der Waals surface area contributed by atoms with Crippen molar-refractivity contribution in [2.45, 2.75) is 26.8 Å². The van der Waals surface area contributed by atoms with E-state index in [0.717, 1.165) is 23.4 Å². The number of allylic oxidation sites excluding steroid dienone is 1. The predicted octanol–water partition coefficient (Wildman–Crippen LogP) is 4.92. The molecule has 1 aliphatic rings. The number of aromatic nitrogens is 1. The van der Waals surface area contributed by atoms with Gasteiger partial charge in [-0.15, -0.1) is 0 Å². The van der Waals surface area contributed by atoms with Gasteiger partial charge < -0.3 is 15.2 Å². The maximum absolute atomic E-state index is 14.0. The molecule has 2 aromatic carbocycles. The zero-order valence-corrected chi connectivity index (χ0v) is 18.4. The lowest BCUT2D eigenvalue weighted by Gasteiger charge is -2.38. The van der Waals surface area contributed by atoms with Crippen LogP contribution in [-0.2, 0) is 4.79 Å². The van der Waals surface area contributed by atoms with Gasteiger partial charge in [0.1, 0.15) is 5.76 Å². The molecule has 1 aliphatic heterocycles. The number of aryl methyl sites for hydroxylation is 2. The monoisotopic (exact) mass is 454 g/mol. The van der Waals surface area contributed by atoms with E-state index in [9.17, 15) is 13.6 Å². The Morgan fingerprint density at radius 3 is 2.44 bits per heavy atom. The van der Waals surface area contributed by atoms with Crippen LogP contribution in [0.5, 0.6) is 0 Å². The van der Waals surface area contributed by atoms with Crippen LogP contribution in [0.2, 0.25) is 0 Å². The van der Waals surface area contributed by atoms with E-state index in [1.54, 1.807) is 24.8 Å². The Morgan fingerprint density at radius 1 is 1.09 bits per heavy atom. The highest BCUT2D eigenvalue weighted by Gasteiger charge is 2.35. The van der Waals surface area contributed by atoms with Crippen LogP contribution < -0.4 is 15.5 Å². The number of hydrogen-bond acceptors (Lipinski definition) is 4. The Morgan fingerprint density at radius 2 is 1.81 bits per heavy atom. The SMILES string of the molecule is CC1=C(C(=O)Nc2cc(C)on2)[C@H](c2ccc(F)c(F)c2)NC(=S)N1c1ccc(C)cc1. The minimum Gasteiger partial charge on any atom is -0.360 e. The molecule has 2 heterocycles. The fourth-order valence-electron chi connectivity index (χ4n) is 3.59. The average Bonchev–Trinajstić information content (AvgIpc) is 3.15. The third kappa shape index (κ3) is 4.11. The topological polar surface area (TPSA) is 70.4 Å². The highest BCUT2D eigenvalue weighted by molar-refractivity contribution is 7.80. The van der Waals surface area contributed by atoms with Crippen molar-refractivity contribution in [3.05, 3.63) is 88.3 Å². The molecule has 4 rings (SSSR count). The number of nitrogens with zero attached hydrogens (tertiary/aromatic N) is 2. The first-order valence-electron chi connectivity index (χ1n) is 9.82. The molecule has 164 valence electrons. The van der Waals surface area contributed by atoms with Gasteiger partial charge >= 0.3 is 0 Å². The normalized spacial score (nSPS) is 16.2. The second kappa shape index (κ2) is 8.51. The fourth-order valence-corrected chi connectivity index (χ4v) is 3.95. The molecule has 0 radical (unpaired) electrons. The summed E-state index contributed by atoms with van der Waals surface area (Å²) in [6, 6.07) is 11.9. The molecule has 6 nitrogen and oxygen atoms in total. The Kier molecular flexibility index (Phi) is 5.75.